The van der Waals surface area contributed by atoms with Gasteiger partial charge in [0.25, 0.3) is 0 Å². The van der Waals surface area contributed by atoms with E-state index in [1.165, 1.54) is 11.1 Å². The van der Waals surface area contributed by atoms with Crippen molar-refractivity contribution in [3.05, 3.63) is 35.4 Å². The SMILES string of the molecule is COCCOCCNC(C)c1ccccc1C. The Hall–Kier alpha value is -0.900. The highest BCUT2D eigenvalue weighted by atomic mass is 16.5. The minimum absolute atomic E-state index is 0.363. The van der Waals surface area contributed by atoms with E-state index in [4.69, 9.17) is 9.47 Å². The summed E-state index contributed by atoms with van der Waals surface area (Å²) in [7, 11) is 1.68. The largest absolute Gasteiger partial charge is 0.382 e. The Bertz CT molecular complexity index is 315. The molecule has 1 aromatic rings. The van der Waals surface area contributed by atoms with E-state index in [1.54, 1.807) is 7.11 Å². The highest BCUT2D eigenvalue weighted by Gasteiger charge is 2.06. The molecule has 0 radical (unpaired) electrons. The minimum atomic E-state index is 0.363. The molecule has 3 heteroatoms. The van der Waals surface area contributed by atoms with E-state index in [0.717, 1.165) is 13.2 Å². The smallest absolute Gasteiger partial charge is 0.0700 e. The molecule has 0 amide bonds. The van der Waals surface area contributed by atoms with Crippen LogP contribution in [-0.4, -0.2) is 33.5 Å². The lowest BCUT2D eigenvalue weighted by molar-refractivity contribution is 0.0712. The van der Waals surface area contributed by atoms with Gasteiger partial charge in [0.2, 0.25) is 0 Å². The maximum absolute atomic E-state index is 5.40. The van der Waals surface area contributed by atoms with Crippen LogP contribution >= 0.6 is 0 Å². The van der Waals surface area contributed by atoms with Crippen molar-refractivity contribution < 1.29 is 9.47 Å². The van der Waals surface area contributed by atoms with Crippen LogP contribution in [0, 0.1) is 6.92 Å². The maximum Gasteiger partial charge on any atom is 0.0700 e. The van der Waals surface area contributed by atoms with Gasteiger partial charge in [-0.2, -0.15) is 0 Å². The van der Waals surface area contributed by atoms with E-state index in [2.05, 4.69) is 43.4 Å². The fraction of sp³-hybridized carbons (Fsp3) is 0.571. The van der Waals surface area contributed by atoms with Crippen molar-refractivity contribution >= 4 is 0 Å². The lowest BCUT2D eigenvalue weighted by Gasteiger charge is -2.16. The molecular formula is C14H23NO2. The summed E-state index contributed by atoms with van der Waals surface area (Å²) in [5.74, 6) is 0. The summed E-state index contributed by atoms with van der Waals surface area (Å²) < 4.78 is 10.3. The van der Waals surface area contributed by atoms with Crippen molar-refractivity contribution in [2.45, 2.75) is 19.9 Å². The molecule has 0 saturated carbocycles. The van der Waals surface area contributed by atoms with Crippen molar-refractivity contribution in [2.75, 3.05) is 33.5 Å². The second-order valence-electron chi connectivity index (χ2n) is 4.14. The Morgan fingerprint density at radius 2 is 1.94 bits per heavy atom. The van der Waals surface area contributed by atoms with Crippen molar-refractivity contribution in [1.29, 1.82) is 0 Å². The van der Waals surface area contributed by atoms with E-state index >= 15 is 0 Å². The highest BCUT2D eigenvalue weighted by molar-refractivity contribution is 5.28. The van der Waals surface area contributed by atoms with E-state index < -0.39 is 0 Å². The predicted octanol–water partition coefficient (Wildman–Crippen LogP) is 2.31. The van der Waals surface area contributed by atoms with Crippen LogP contribution in [0.25, 0.3) is 0 Å². The fourth-order valence-electron chi connectivity index (χ4n) is 1.77. The van der Waals surface area contributed by atoms with Crippen molar-refractivity contribution in [2.24, 2.45) is 0 Å². The monoisotopic (exact) mass is 237 g/mol. The number of hydrogen-bond donors (Lipinski definition) is 1. The summed E-state index contributed by atoms with van der Waals surface area (Å²) in [5.41, 5.74) is 2.68. The van der Waals surface area contributed by atoms with Crippen LogP contribution in [0.4, 0.5) is 0 Å². The minimum Gasteiger partial charge on any atom is -0.382 e. The van der Waals surface area contributed by atoms with Gasteiger partial charge in [-0.1, -0.05) is 24.3 Å². The van der Waals surface area contributed by atoms with E-state index in [9.17, 15) is 0 Å². The topological polar surface area (TPSA) is 30.5 Å². The van der Waals surface area contributed by atoms with Crippen molar-refractivity contribution in [1.82, 2.24) is 5.32 Å². The third kappa shape index (κ3) is 5.31. The molecule has 17 heavy (non-hydrogen) atoms. The number of ether oxygens (including phenoxy) is 2. The Kier molecular flexibility index (Phi) is 6.86. The molecule has 0 aliphatic heterocycles. The molecule has 0 fully saturated rings. The first-order chi connectivity index (χ1) is 8.25. The summed E-state index contributed by atoms with van der Waals surface area (Å²) in [4.78, 5) is 0. The molecule has 0 spiro atoms. The Morgan fingerprint density at radius 3 is 2.65 bits per heavy atom. The van der Waals surface area contributed by atoms with Crippen LogP contribution in [0.2, 0.25) is 0 Å². The molecule has 1 aromatic carbocycles. The van der Waals surface area contributed by atoms with Gasteiger partial charge in [0, 0.05) is 19.7 Å². The number of benzene rings is 1. The molecule has 0 heterocycles. The quantitative estimate of drug-likeness (QED) is 0.704. The normalized spacial score (nSPS) is 12.6. The van der Waals surface area contributed by atoms with Crippen LogP contribution in [0.3, 0.4) is 0 Å². The predicted molar refractivity (Wildman–Crippen MR) is 70.3 cm³/mol. The molecule has 96 valence electrons. The zero-order valence-corrected chi connectivity index (χ0v) is 11.0. The zero-order chi connectivity index (χ0) is 12.5. The van der Waals surface area contributed by atoms with Gasteiger partial charge in [0.15, 0.2) is 0 Å². The highest BCUT2D eigenvalue weighted by Crippen LogP contribution is 2.15. The summed E-state index contributed by atoms with van der Waals surface area (Å²) in [6.45, 7) is 7.23. The van der Waals surface area contributed by atoms with Gasteiger partial charge in [-0.3, -0.25) is 0 Å². The van der Waals surface area contributed by atoms with Crippen LogP contribution in [-0.2, 0) is 9.47 Å². The first kappa shape index (κ1) is 14.2. The lowest BCUT2D eigenvalue weighted by Crippen LogP contribution is -2.24. The third-order valence-corrected chi connectivity index (χ3v) is 2.78. The lowest BCUT2D eigenvalue weighted by atomic mass is 10.0. The summed E-state index contributed by atoms with van der Waals surface area (Å²) in [5, 5.41) is 3.45. The molecule has 1 unspecified atom stereocenters. The Morgan fingerprint density at radius 1 is 1.18 bits per heavy atom. The van der Waals surface area contributed by atoms with Gasteiger partial charge in [-0.05, 0) is 25.0 Å². The molecule has 0 aromatic heterocycles. The summed E-state index contributed by atoms with van der Waals surface area (Å²) >= 11 is 0. The molecule has 1 atom stereocenters. The van der Waals surface area contributed by atoms with E-state index in [1.807, 2.05) is 0 Å². The average Bonchev–Trinajstić information content (AvgIpc) is 2.34. The van der Waals surface area contributed by atoms with Crippen LogP contribution in [0.15, 0.2) is 24.3 Å². The molecule has 0 bridgehead atoms. The number of nitrogens with one attached hydrogen (secondary N) is 1. The fourth-order valence-corrected chi connectivity index (χ4v) is 1.77. The Balaban J connectivity index is 2.21. The molecule has 1 rings (SSSR count). The summed E-state index contributed by atoms with van der Waals surface area (Å²) in [6, 6.07) is 8.82. The van der Waals surface area contributed by atoms with Gasteiger partial charge in [-0.25, -0.2) is 0 Å². The molecule has 0 aliphatic rings. The third-order valence-electron chi connectivity index (χ3n) is 2.78. The second kappa shape index (κ2) is 8.23. The molecule has 0 saturated heterocycles. The average molecular weight is 237 g/mol. The summed E-state index contributed by atoms with van der Waals surface area (Å²) in [6.07, 6.45) is 0. The van der Waals surface area contributed by atoms with Gasteiger partial charge in [0.1, 0.15) is 0 Å². The van der Waals surface area contributed by atoms with Gasteiger partial charge in [0.05, 0.1) is 19.8 Å². The van der Waals surface area contributed by atoms with Gasteiger partial charge >= 0.3 is 0 Å². The first-order valence-electron chi connectivity index (χ1n) is 6.11. The molecule has 1 N–H and O–H groups in total. The first-order valence-corrected chi connectivity index (χ1v) is 6.11. The number of hydrogen-bond acceptors (Lipinski definition) is 3. The second-order valence-corrected chi connectivity index (χ2v) is 4.14. The number of aryl methyl sites for hydroxylation is 1. The van der Waals surface area contributed by atoms with Crippen LogP contribution in [0.1, 0.15) is 24.1 Å². The number of methoxy groups -OCH3 is 1. The molecule has 3 nitrogen and oxygen atoms in total. The van der Waals surface area contributed by atoms with Gasteiger partial charge < -0.3 is 14.8 Å². The maximum atomic E-state index is 5.40. The van der Waals surface area contributed by atoms with Crippen LogP contribution < -0.4 is 5.32 Å². The van der Waals surface area contributed by atoms with Gasteiger partial charge in [-0.15, -0.1) is 0 Å². The standard InChI is InChI=1S/C14H23NO2/c1-12-6-4-5-7-14(12)13(2)15-8-9-17-11-10-16-3/h4-7,13,15H,8-11H2,1-3H3. The van der Waals surface area contributed by atoms with E-state index in [-0.39, 0.29) is 0 Å². The van der Waals surface area contributed by atoms with Crippen LogP contribution in [0.5, 0.6) is 0 Å². The van der Waals surface area contributed by atoms with Crippen molar-refractivity contribution in [3.8, 4) is 0 Å². The van der Waals surface area contributed by atoms with Crippen molar-refractivity contribution in [3.63, 3.8) is 0 Å². The number of rotatable bonds is 8. The molecular weight excluding hydrogens is 214 g/mol. The zero-order valence-electron chi connectivity index (χ0n) is 11.0. The van der Waals surface area contributed by atoms with E-state index in [0.29, 0.717) is 19.3 Å². The Labute approximate surface area is 104 Å². The molecule has 0 aliphatic carbocycles.